The number of rotatable bonds is 5. The molecule has 0 aromatic heterocycles. The molecule has 1 saturated heterocycles. The van der Waals surface area contributed by atoms with E-state index in [1.54, 1.807) is 11.9 Å². The first-order valence-electron chi connectivity index (χ1n) is 12.6. The fourth-order valence-electron chi connectivity index (χ4n) is 5.32. The number of likely N-dealkylation sites (N-methyl/N-ethyl adjacent to an activating group) is 1. The summed E-state index contributed by atoms with van der Waals surface area (Å²) in [6.45, 7) is 3.38. The van der Waals surface area contributed by atoms with E-state index in [1.807, 2.05) is 54.6 Å². The molecule has 0 aliphatic carbocycles. The standard InChI is InChI=1S/C29H33N3O3/c1-31(26(20-32-17-7-8-18-32)22-11-3-2-4-12-22)29(34)28(33)30-25-14-9-19-35-27-23-13-6-5-10-21(23)15-16-24(25)27/h2-6,10-13,15-16,25-26H,7-9,14,17-20H2,1H3,(H,30,33)/t25?,26-/m0/s1. The summed E-state index contributed by atoms with van der Waals surface area (Å²) in [5.41, 5.74) is 1.98. The van der Waals surface area contributed by atoms with E-state index in [-0.39, 0.29) is 12.1 Å². The number of ether oxygens (including phenoxy) is 1. The first kappa shape index (κ1) is 23.4. The third-order valence-corrected chi connectivity index (χ3v) is 7.27. The highest BCUT2D eigenvalue weighted by molar-refractivity contribution is 6.35. The number of likely N-dealkylation sites (tertiary alicyclic amines) is 1. The topological polar surface area (TPSA) is 61.9 Å². The molecule has 2 atom stereocenters. The highest BCUT2D eigenvalue weighted by atomic mass is 16.5. The molecule has 2 aliphatic heterocycles. The number of fused-ring (bicyclic) bond motifs is 3. The van der Waals surface area contributed by atoms with Gasteiger partial charge in [0.15, 0.2) is 0 Å². The van der Waals surface area contributed by atoms with E-state index in [1.165, 1.54) is 12.8 Å². The summed E-state index contributed by atoms with van der Waals surface area (Å²) in [6, 6.07) is 21.7. The van der Waals surface area contributed by atoms with Gasteiger partial charge in [0.25, 0.3) is 0 Å². The molecule has 3 aromatic carbocycles. The van der Waals surface area contributed by atoms with E-state index in [4.69, 9.17) is 4.74 Å². The summed E-state index contributed by atoms with van der Waals surface area (Å²) in [4.78, 5) is 30.6. The monoisotopic (exact) mass is 471 g/mol. The van der Waals surface area contributed by atoms with Crippen molar-refractivity contribution in [3.05, 3.63) is 77.9 Å². The Balaban J connectivity index is 1.36. The first-order chi connectivity index (χ1) is 17.1. The van der Waals surface area contributed by atoms with Gasteiger partial charge in [-0.1, -0.05) is 66.7 Å². The molecule has 2 aliphatic rings. The van der Waals surface area contributed by atoms with E-state index in [9.17, 15) is 9.59 Å². The zero-order valence-corrected chi connectivity index (χ0v) is 20.3. The van der Waals surface area contributed by atoms with Crippen LogP contribution in [0.5, 0.6) is 5.75 Å². The van der Waals surface area contributed by atoms with Crippen molar-refractivity contribution in [2.75, 3.05) is 33.3 Å². The lowest BCUT2D eigenvalue weighted by Crippen LogP contribution is -2.46. The molecule has 6 heteroatoms. The number of hydrogen-bond donors (Lipinski definition) is 1. The van der Waals surface area contributed by atoms with Crippen LogP contribution in [0.2, 0.25) is 0 Å². The van der Waals surface area contributed by atoms with Crippen molar-refractivity contribution in [2.45, 2.75) is 37.8 Å². The second-order valence-electron chi connectivity index (χ2n) is 9.57. The average molecular weight is 472 g/mol. The van der Waals surface area contributed by atoms with Gasteiger partial charge in [-0.3, -0.25) is 9.59 Å². The van der Waals surface area contributed by atoms with Crippen LogP contribution in [0.3, 0.4) is 0 Å². The van der Waals surface area contributed by atoms with E-state index < -0.39 is 11.8 Å². The van der Waals surface area contributed by atoms with Gasteiger partial charge >= 0.3 is 11.8 Å². The summed E-state index contributed by atoms with van der Waals surface area (Å²) in [7, 11) is 1.74. The van der Waals surface area contributed by atoms with Crippen molar-refractivity contribution < 1.29 is 14.3 Å². The summed E-state index contributed by atoms with van der Waals surface area (Å²) < 4.78 is 6.10. The van der Waals surface area contributed by atoms with Crippen molar-refractivity contribution in [1.29, 1.82) is 0 Å². The van der Waals surface area contributed by atoms with Crippen molar-refractivity contribution in [1.82, 2.24) is 15.1 Å². The van der Waals surface area contributed by atoms with Crippen molar-refractivity contribution in [3.8, 4) is 5.75 Å². The van der Waals surface area contributed by atoms with Gasteiger partial charge in [0.1, 0.15) is 5.75 Å². The van der Waals surface area contributed by atoms with Crippen LogP contribution in [0.25, 0.3) is 10.8 Å². The first-order valence-corrected chi connectivity index (χ1v) is 12.6. The largest absolute Gasteiger partial charge is 0.493 e. The van der Waals surface area contributed by atoms with Gasteiger partial charge in [0.05, 0.1) is 18.7 Å². The van der Waals surface area contributed by atoms with Gasteiger partial charge < -0.3 is 19.9 Å². The smallest absolute Gasteiger partial charge is 0.312 e. The molecule has 0 bridgehead atoms. The Morgan fingerprint density at radius 3 is 2.54 bits per heavy atom. The molecule has 35 heavy (non-hydrogen) atoms. The lowest BCUT2D eigenvalue weighted by molar-refractivity contribution is -0.147. The Morgan fingerprint density at radius 2 is 1.74 bits per heavy atom. The van der Waals surface area contributed by atoms with Gasteiger partial charge in [0.2, 0.25) is 0 Å². The predicted molar refractivity (Wildman–Crippen MR) is 137 cm³/mol. The fourth-order valence-corrected chi connectivity index (χ4v) is 5.32. The highest BCUT2D eigenvalue weighted by Crippen LogP contribution is 2.37. The van der Waals surface area contributed by atoms with Crippen LogP contribution < -0.4 is 10.1 Å². The van der Waals surface area contributed by atoms with E-state index in [2.05, 4.69) is 22.3 Å². The molecule has 0 radical (unpaired) electrons. The maximum absolute atomic E-state index is 13.4. The molecule has 0 spiro atoms. The Morgan fingerprint density at radius 1 is 1.00 bits per heavy atom. The van der Waals surface area contributed by atoms with E-state index >= 15 is 0 Å². The lowest BCUT2D eigenvalue weighted by Gasteiger charge is -2.32. The highest BCUT2D eigenvalue weighted by Gasteiger charge is 2.31. The number of benzene rings is 3. The molecule has 5 rings (SSSR count). The van der Waals surface area contributed by atoms with Crippen LogP contribution in [0.1, 0.15) is 48.9 Å². The SMILES string of the molecule is CN(C(=O)C(=O)NC1CCCOc2c1ccc1ccccc21)[C@@H](CN1CCCC1)c1ccccc1. The molecular weight excluding hydrogens is 438 g/mol. The van der Waals surface area contributed by atoms with Crippen LogP contribution in [0.4, 0.5) is 0 Å². The minimum Gasteiger partial charge on any atom is -0.493 e. The van der Waals surface area contributed by atoms with Gasteiger partial charge in [0, 0.05) is 24.5 Å². The fraction of sp³-hybridized carbons (Fsp3) is 0.379. The summed E-state index contributed by atoms with van der Waals surface area (Å²) >= 11 is 0. The number of nitrogens with zero attached hydrogens (tertiary/aromatic N) is 2. The van der Waals surface area contributed by atoms with Gasteiger partial charge in [-0.15, -0.1) is 0 Å². The zero-order valence-electron chi connectivity index (χ0n) is 20.3. The van der Waals surface area contributed by atoms with Crippen molar-refractivity contribution in [2.24, 2.45) is 0 Å². The van der Waals surface area contributed by atoms with Crippen LogP contribution in [0.15, 0.2) is 66.7 Å². The quantitative estimate of drug-likeness (QED) is 0.558. The normalized spacial score (nSPS) is 18.8. The second-order valence-corrected chi connectivity index (χ2v) is 9.57. The van der Waals surface area contributed by atoms with Crippen LogP contribution in [-0.4, -0.2) is 54.9 Å². The number of amides is 2. The molecule has 1 unspecified atom stereocenters. The Hall–Kier alpha value is -3.38. The summed E-state index contributed by atoms with van der Waals surface area (Å²) in [5.74, 6) is -0.269. The maximum atomic E-state index is 13.4. The maximum Gasteiger partial charge on any atom is 0.312 e. The summed E-state index contributed by atoms with van der Waals surface area (Å²) in [5, 5.41) is 5.17. The van der Waals surface area contributed by atoms with E-state index in [0.717, 1.165) is 60.1 Å². The Labute approximate surface area is 206 Å². The molecule has 2 amide bonds. The van der Waals surface area contributed by atoms with Crippen LogP contribution in [0, 0.1) is 0 Å². The van der Waals surface area contributed by atoms with Crippen LogP contribution in [-0.2, 0) is 9.59 Å². The molecule has 0 saturated carbocycles. The molecule has 3 aromatic rings. The third-order valence-electron chi connectivity index (χ3n) is 7.27. The minimum absolute atomic E-state index is 0.179. The molecule has 182 valence electrons. The lowest BCUT2D eigenvalue weighted by atomic mass is 9.98. The second kappa shape index (κ2) is 10.5. The zero-order chi connectivity index (χ0) is 24.2. The van der Waals surface area contributed by atoms with Crippen LogP contribution >= 0.6 is 0 Å². The number of nitrogens with one attached hydrogen (secondary N) is 1. The number of carbonyl (C=O) groups excluding carboxylic acids is 2. The molecule has 6 nitrogen and oxygen atoms in total. The summed E-state index contributed by atoms with van der Waals surface area (Å²) in [6.07, 6.45) is 3.89. The van der Waals surface area contributed by atoms with E-state index in [0.29, 0.717) is 6.61 Å². The Bertz CT molecular complexity index is 1190. The van der Waals surface area contributed by atoms with Crippen molar-refractivity contribution in [3.63, 3.8) is 0 Å². The van der Waals surface area contributed by atoms with Gasteiger partial charge in [-0.25, -0.2) is 0 Å². The minimum atomic E-state index is -0.569. The third kappa shape index (κ3) is 5.03. The molecule has 1 fully saturated rings. The Kier molecular flexibility index (Phi) is 7.00. The average Bonchev–Trinajstić information content (AvgIpc) is 3.33. The molecular formula is C29H33N3O3. The molecule has 1 N–H and O–H groups in total. The van der Waals surface area contributed by atoms with Crippen molar-refractivity contribution >= 4 is 22.6 Å². The predicted octanol–water partition coefficient (Wildman–Crippen LogP) is 4.47. The van der Waals surface area contributed by atoms with Gasteiger partial charge in [-0.2, -0.15) is 0 Å². The number of carbonyl (C=O) groups is 2. The molecule has 2 heterocycles. The number of hydrogen-bond acceptors (Lipinski definition) is 4. The van der Waals surface area contributed by atoms with Gasteiger partial charge in [-0.05, 0) is 49.7 Å².